The molecule has 4 heterocycles. The lowest BCUT2D eigenvalue weighted by atomic mass is 10.1. The lowest BCUT2D eigenvalue weighted by Crippen LogP contribution is -2.43. The monoisotopic (exact) mass is 474 g/mol. The van der Waals surface area contributed by atoms with Gasteiger partial charge in [0.05, 0.1) is 22.9 Å². The molecule has 4 aromatic rings. The lowest BCUT2D eigenvalue weighted by molar-refractivity contribution is 0.0817. The van der Waals surface area contributed by atoms with Crippen LogP contribution in [0.5, 0.6) is 0 Å². The Kier molecular flexibility index (Phi) is 5.64. The number of carbonyl (C=O) groups is 1. The van der Waals surface area contributed by atoms with Crippen molar-refractivity contribution in [2.75, 3.05) is 37.8 Å². The van der Waals surface area contributed by atoms with Crippen LogP contribution in [-0.4, -0.2) is 73.3 Å². The summed E-state index contributed by atoms with van der Waals surface area (Å²) in [6, 6.07) is 7.97. The van der Waals surface area contributed by atoms with E-state index in [2.05, 4.69) is 21.0 Å². The molecule has 182 valence electrons. The van der Waals surface area contributed by atoms with Crippen molar-refractivity contribution in [2.24, 2.45) is 19.8 Å². The van der Waals surface area contributed by atoms with Crippen molar-refractivity contribution in [3.8, 4) is 22.9 Å². The van der Waals surface area contributed by atoms with Crippen molar-refractivity contribution in [2.45, 2.75) is 18.9 Å². The Labute approximate surface area is 203 Å². The fourth-order valence-electron chi connectivity index (χ4n) is 4.65. The van der Waals surface area contributed by atoms with E-state index in [1.165, 1.54) is 4.90 Å². The Bertz CT molecular complexity index is 1420. The van der Waals surface area contributed by atoms with Crippen molar-refractivity contribution in [1.29, 1.82) is 0 Å². The van der Waals surface area contributed by atoms with Gasteiger partial charge >= 0.3 is 0 Å². The van der Waals surface area contributed by atoms with Crippen LogP contribution in [0, 0.1) is 0 Å². The topological polar surface area (TPSA) is 137 Å². The van der Waals surface area contributed by atoms with Crippen molar-refractivity contribution >= 4 is 28.4 Å². The molecule has 35 heavy (non-hydrogen) atoms. The number of aromatic nitrogens is 6. The third kappa shape index (κ3) is 3.97. The summed E-state index contributed by atoms with van der Waals surface area (Å²) in [6.07, 6.45) is 3.66. The van der Waals surface area contributed by atoms with Crippen LogP contribution in [0.25, 0.3) is 33.9 Å². The summed E-state index contributed by atoms with van der Waals surface area (Å²) in [5.74, 6) is 0.741. The number of nitrogens with zero attached hydrogens (tertiary/aromatic N) is 8. The van der Waals surface area contributed by atoms with Crippen LogP contribution < -0.4 is 16.4 Å². The molecule has 1 aliphatic heterocycles. The van der Waals surface area contributed by atoms with E-state index < -0.39 is 0 Å². The molecule has 1 fully saturated rings. The summed E-state index contributed by atoms with van der Waals surface area (Å²) < 4.78 is 3.55. The third-order valence-corrected chi connectivity index (χ3v) is 6.45. The largest absolute Gasteiger partial charge is 0.382 e. The van der Waals surface area contributed by atoms with Gasteiger partial charge in [0, 0.05) is 47.3 Å². The van der Waals surface area contributed by atoms with E-state index in [0.717, 1.165) is 42.7 Å². The van der Waals surface area contributed by atoms with Crippen LogP contribution in [0.2, 0.25) is 0 Å². The minimum absolute atomic E-state index is 0.143. The molecule has 0 aliphatic carbocycles. The maximum absolute atomic E-state index is 12.5. The summed E-state index contributed by atoms with van der Waals surface area (Å²) in [4.78, 5) is 30.3. The van der Waals surface area contributed by atoms with Gasteiger partial charge in [-0.15, -0.1) is 0 Å². The minimum atomic E-state index is -0.143. The molecule has 0 unspecified atom stereocenters. The molecule has 5 rings (SSSR count). The number of carbonyl (C=O) groups excluding carboxylic acids is 1. The highest BCUT2D eigenvalue weighted by Gasteiger charge is 2.24. The standard InChI is InChI=1S/C24H30N10O/c1-31(2)24(35)19-11-16(30-33(19)4)17-12-27-22(26)20(28-17)23-29-15-8-5-9-18(21(15)32(23)3)34-10-6-7-14(25)13-34/h5,8-9,11-12,14H,6-7,10,13,25H2,1-4H3,(H2,26,27)/t14-/m1/s1. The zero-order chi connectivity index (χ0) is 24.9. The number of para-hydroxylation sites is 1. The number of aryl methyl sites for hydroxylation is 2. The molecule has 0 radical (unpaired) electrons. The van der Waals surface area contributed by atoms with Crippen molar-refractivity contribution in [3.63, 3.8) is 0 Å². The van der Waals surface area contributed by atoms with Gasteiger partial charge < -0.3 is 25.8 Å². The van der Waals surface area contributed by atoms with Crippen molar-refractivity contribution in [1.82, 2.24) is 34.2 Å². The van der Waals surface area contributed by atoms with Gasteiger partial charge in [0.2, 0.25) is 0 Å². The maximum Gasteiger partial charge on any atom is 0.271 e. The predicted octanol–water partition coefficient (Wildman–Crippen LogP) is 1.64. The summed E-state index contributed by atoms with van der Waals surface area (Å²) in [7, 11) is 7.09. The highest BCUT2D eigenvalue weighted by atomic mass is 16.2. The van der Waals surface area contributed by atoms with Gasteiger partial charge in [-0.2, -0.15) is 5.10 Å². The SMILES string of the molecule is CN(C)C(=O)c1cc(-c2cnc(N)c(-c3nc4cccc(N5CCC[C@@H](N)C5)c4n3C)n2)nn1C. The molecule has 11 heteroatoms. The van der Waals surface area contributed by atoms with Gasteiger partial charge in [-0.3, -0.25) is 9.48 Å². The normalized spacial score (nSPS) is 16.1. The number of hydrogen-bond donors (Lipinski definition) is 2. The van der Waals surface area contributed by atoms with E-state index >= 15 is 0 Å². The fraction of sp³-hybridized carbons (Fsp3) is 0.375. The molecule has 0 saturated carbocycles. The number of anilines is 2. The van der Waals surface area contributed by atoms with E-state index in [9.17, 15) is 4.79 Å². The number of hydrogen-bond acceptors (Lipinski definition) is 8. The first kappa shape index (κ1) is 22.8. The summed E-state index contributed by atoms with van der Waals surface area (Å²) in [5, 5.41) is 4.48. The summed E-state index contributed by atoms with van der Waals surface area (Å²) >= 11 is 0. The summed E-state index contributed by atoms with van der Waals surface area (Å²) in [6.45, 7) is 1.77. The third-order valence-electron chi connectivity index (χ3n) is 6.45. The Morgan fingerprint density at radius 3 is 2.71 bits per heavy atom. The van der Waals surface area contributed by atoms with E-state index in [-0.39, 0.29) is 17.8 Å². The smallest absolute Gasteiger partial charge is 0.271 e. The molecule has 1 amide bonds. The number of rotatable bonds is 4. The van der Waals surface area contributed by atoms with Gasteiger partial charge in [0.25, 0.3) is 5.91 Å². The average molecular weight is 475 g/mol. The molecular formula is C24H30N10O. The second kappa shape index (κ2) is 8.66. The Morgan fingerprint density at radius 1 is 1.17 bits per heavy atom. The molecule has 4 N–H and O–H groups in total. The Morgan fingerprint density at radius 2 is 1.97 bits per heavy atom. The van der Waals surface area contributed by atoms with Crippen LogP contribution in [0.4, 0.5) is 11.5 Å². The van der Waals surface area contributed by atoms with Gasteiger partial charge in [-0.05, 0) is 31.0 Å². The molecule has 1 saturated heterocycles. The minimum Gasteiger partial charge on any atom is -0.382 e. The quantitative estimate of drug-likeness (QED) is 0.455. The lowest BCUT2D eigenvalue weighted by Gasteiger charge is -2.33. The van der Waals surface area contributed by atoms with E-state index in [4.69, 9.17) is 21.4 Å². The average Bonchev–Trinajstić information content (AvgIpc) is 3.39. The highest BCUT2D eigenvalue weighted by Crippen LogP contribution is 2.33. The first-order chi connectivity index (χ1) is 16.7. The summed E-state index contributed by atoms with van der Waals surface area (Å²) in [5.41, 5.74) is 17.4. The first-order valence-corrected chi connectivity index (χ1v) is 11.6. The molecule has 3 aromatic heterocycles. The van der Waals surface area contributed by atoms with E-state index in [1.807, 2.05) is 23.7 Å². The van der Waals surface area contributed by atoms with E-state index in [0.29, 0.717) is 28.6 Å². The molecule has 11 nitrogen and oxygen atoms in total. The molecule has 1 atom stereocenters. The number of nitrogens with two attached hydrogens (primary N) is 2. The van der Waals surface area contributed by atoms with Gasteiger partial charge in [-0.25, -0.2) is 15.0 Å². The second-order valence-electron chi connectivity index (χ2n) is 9.21. The molecule has 1 aromatic carbocycles. The Hall–Kier alpha value is -3.99. The zero-order valence-electron chi connectivity index (χ0n) is 20.4. The van der Waals surface area contributed by atoms with Gasteiger partial charge in [0.1, 0.15) is 22.8 Å². The molecule has 0 bridgehead atoms. The number of nitrogen functional groups attached to an aromatic ring is 1. The van der Waals surface area contributed by atoms with Crippen LogP contribution in [0.3, 0.4) is 0 Å². The van der Waals surface area contributed by atoms with Gasteiger partial charge in [0.15, 0.2) is 11.6 Å². The van der Waals surface area contributed by atoms with Crippen LogP contribution >= 0.6 is 0 Å². The Balaban J connectivity index is 1.59. The predicted molar refractivity (Wildman–Crippen MR) is 136 cm³/mol. The van der Waals surface area contributed by atoms with Crippen LogP contribution in [-0.2, 0) is 14.1 Å². The molecule has 0 spiro atoms. The van der Waals surface area contributed by atoms with Crippen molar-refractivity contribution in [3.05, 3.63) is 36.2 Å². The number of benzene rings is 1. The van der Waals surface area contributed by atoms with Crippen molar-refractivity contribution < 1.29 is 4.79 Å². The van der Waals surface area contributed by atoms with Crippen LogP contribution in [0.1, 0.15) is 23.3 Å². The number of imidazole rings is 1. The highest BCUT2D eigenvalue weighted by molar-refractivity contribution is 5.94. The van der Waals surface area contributed by atoms with E-state index in [1.54, 1.807) is 38.1 Å². The number of piperidine rings is 1. The molecule has 1 aliphatic rings. The molecular weight excluding hydrogens is 444 g/mol. The number of fused-ring (bicyclic) bond motifs is 1. The maximum atomic E-state index is 12.5. The second-order valence-corrected chi connectivity index (χ2v) is 9.21. The number of amides is 1. The first-order valence-electron chi connectivity index (χ1n) is 11.6. The van der Waals surface area contributed by atoms with Gasteiger partial charge in [-0.1, -0.05) is 6.07 Å². The fourth-order valence-corrected chi connectivity index (χ4v) is 4.65. The van der Waals surface area contributed by atoms with Crippen LogP contribution in [0.15, 0.2) is 30.5 Å². The zero-order valence-corrected chi connectivity index (χ0v) is 20.4.